The molecule has 0 saturated heterocycles. The fraction of sp³-hybridized carbons (Fsp3) is 0.0667. The van der Waals surface area contributed by atoms with Gasteiger partial charge < -0.3 is 5.11 Å². The lowest BCUT2D eigenvalue weighted by atomic mass is 10.2. The van der Waals surface area contributed by atoms with Crippen LogP contribution in [0.25, 0.3) is 16.7 Å². The molecule has 0 aliphatic rings. The third-order valence-corrected chi connectivity index (χ3v) is 3.83. The second-order valence-electron chi connectivity index (χ2n) is 4.45. The lowest BCUT2D eigenvalue weighted by molar-refractivity contribution is 0.0697. The molecule has 0 spiro atoms. The van der Waals surface area contributed by atoms with Crippen molar-refractivity contribution in [3.8, 4) is 5.69 Å². The van der Waals surface area contributed by atoms with Gasteiger partial charge in [-0.15, -0.1) is 0 Å². The van der Waals surface area contributed by atoms with Crippen LogP contribution in [0.3, 0.4) is 0 Å². The molecule has 0 unspecified atom stereocenters. The fourth-order valence-corrected chi connectivity index (χ4v) is 2.73. The topological polar surface area (TPSA) is 55.1 Å². The molecule has 1 heterocycles. The minimum Gasteiger partial charge on any atom is -0.478 e. The van der Waals surface area contributed by atoms with Crippen LogP contribution < -0.4 is 0 Å². The summed E-state index contributed by atoms with van der Waals surface area (Å²) >= 11 is 3.53. The number of nitrogens with zero attached hydrogens (tertiary/aromatic N) is 2. The maximum absolute atomic E-state index is 11.0. The van der Waals surface area contributed by atoms with E-state index in [2.05, 4.69) is 20.9 Å². The van der Waals surface area contributed by atoms with Crippen molar-refractivity contribution in [2.45, 2.75) is 6.92 Å². The molecule has 0 fully saturated rings. The maximum atomic E-state index is 11.0. The molecule has 0 bridgehead atoms. The summed E-state index contributed by atoms with van der Waals surface area (Å²) in [6.07, 6.45) is 0. The lowest BCUT2D eigenvalue weighted by Crippen LogP contribution is -1.98. The number of imidazole rings is 1. The van der Waals surface area contributed by atoms with Gasteiger partial charge in [0.1, 0.15) is 5.82 Å². The van der Waals surface area contributed by atoms with Crippen LogP contribution in [0.5, 0.6) is 0 Å². The average molecular weight is 331 g/mol. The van der Waals surface area contributed by atoms with E-state index in [0.717, 1.165) is 21.5 Å². The number of carbonyl (C=O) groups is 1. The van der Waals surface area contributed by atoms with Gasteiger partial charge in [0.25, 0.3) is 0 Å². The monoisotopic (exact) mass is 330 g/mol. The highest BCUT2D eigenvalue weighted by molar-refractivity contribution is 9.10. The molecular weight excluding hydrogens is 320 g/mol. The standard InChI is InChI=1S/C15H11BrN2O2/c1-9-17-12-8-10(15(19)20)6-7-14(12)18(9)13-5-3-2-4-11(13)16/h2-8H,1H3,(H,19,20). The van der Waals surface area contributed by atoms with Crippen LogP contribution in [0.15, 0.2) is 46.9 Å². The summed E-state index contributed by atoms with van der Waals surface area (Å²) in [5, 5.41) is 9.04. The minimum absolute atomic E-state index is 0.245. The molecule has 5 heteroatoms. The number of benzene rings is 2. The first kappa shape index (κ1) is 12.9. The molecule has 20 heavy (non-hydrogen) atoms. The van der Waals surface area contributed by atoms with Crippen molar-refractivity contribution in [3.05, 3.63) is 58.3 Å². The predicted molar refractivity (Wildman–Crippen MR) is 80.5 cm³/mol. The highest BCUT2D eigenvalue weighted by Gasteiger charge is 2.13. The summed E-state index contributed by atoms with van der Waals surface area (Å²) in [5.41, 5.74) is 2.79. The van der Waals surface area contributed by atoms with Gasteiger partial charge >= 0.3 is 5.97 Å². The van der Waals surface area contributed by atoms with Crippen LogP contribution in [-0.4, -0.2) is 20.6 Å². The molecule has 0 amide bonds. The maximum Gasteiger partial charge on any atom is 0.335 e. The number of aromatic nitrogens is 2. The Labute approximate surface area is 123 Å². The number of aryl methyl sites for hydroxylation is 1. The van der Waals surface area contributed by atoms with Crippen molar-refractivity contribution in [2.75, 3.05) is 0 Å². The number of hydrogen-bond acceptors (Lipinski definition) is 2. The molecule has 3 aromatic rings. The predicted octanol–water partition coefficient (Wildman–Crippen LogP) is 3.79. The SMILES string of the molecule is Cc1nc2cc(C(=O)O)ccc2n1-c1ccccc1Br. The molecular formula is C15H11BrN2O2. The number of carboxylic acid groups (broad SMARTS) is 1. The average Bonchev–Trinajstić information content (AvgIpc) is 2.74. The van der Waals surface area contributed by atoms with Gasteiger partial charge in [-0.25, -0.2) is 9.78 Å². The Hall–Kier alpha value is -2.14. The van der Waals surface area contributed by atoms with Gasteiger partial charge in [0.15, 0.2) is 0 Å². The number of rotatable bonds is 2. The lowest BCUT2D eigenvalue weighted by Gasteiger charge is -2.09. The van der Waals surface area contributed by atoms with Crippen molar-refractivity contribution in [1.82, 2.24) is 9.55 Å². The molecule has 1 aromatic heterocycles. The third kappa shape index (κ3) is 2.00. The zero-order valence-electron chi connectivity index (χ0n) is 10.7. The molecule has 0 saturated carbocycles. The number of para-hydroxylation sites is 1. The zero-order valence-corrected chi connectivity index (χ0v) is 12.3. The van der Waals surface area contributed by atoms with Gasteiger partial charge in [0.05, 0.1) is 22.3 Å². The first-order chi connectivity index (χ1) is 9.58. The van der Waals surface area contributed by atoms with Gasteiger partial charge in [-0.2, -0.15) is 0 Å². The van der Waals surface area contributed by atoms with Crippen LogP contribution >= 0.6 is 15.9 Å². The van der Waals surface area contributed by atoms with E-state index in [0.29, 0.717) is 5.52 Å². The van der Waals surface area contributed by atoms with Gasteiger partial charge in [-0.1, -0.05) is 12.1 Å². The van der Waals surface area contributed by atoms with E-state index in [9.17, 15) is 4.79 Å². The summed E-state index contributed by atoms with van der Waals surface area (Å²) in [5.74, 6) is -0.130. The van der Waals surface area contributed by atoms with Crippen molar-refractivity contribution >= 4 is 32.9 Å². The number of halogens is 1. The summed E-state index contributed by atoms with van der Waals surface area (Å²) in [4.78, 5) is 15.5. The van der Waals surface area contributed by atoms with Gasteiger partial charge in [-0.05, 0) is 53.2 Å². The summed E-state index contributed by atoms with van der Waals surface area (Å²) in [7, 11) is 0. The van der Waals surface area contributed by atoms with E-state index in [1.54, 1.807) is 18.2 Å². The Balaban J connectivity index is 2.29. The Morgan fingerprint density at radius 2 is 2.00 bits per heavy atom. The van der Waals surface area contributed by atoms with E-state index < -0.39 is 5.97 Å². The van der Waals surface area contributed by atoms with Crippen LogP contribution in [0, 0.1) is 6.92 Å². The quantitative estimate of drug-likeness (QED) is 0.777. The Kier molecular flexibility index (Phi) is 3.06. The highest BCUT2D eigenvalue weighted by atomic mass is 79.9. The van der Waals surface area contributed by atoms with E-state index in [-0.39, 0.29) is 5.56 Å². The molecule has 0 atom stereocenters. The van der Waals surface area contributed by atoms with Crippen molar-refractivity contribution in [1.29, 1.82) is 0 Å². The van der Waals surface area contributed by atoms with Crippen molar-refractivity contribution < 1.29 is 9.90 Å². The molecule has 1 N–H and O–H groups in total. The Bertz CT molecular complexity index is 824. The fourth-order valence-electron chi connectivity index (χ4n) is 2.27. The molecule has 0 radical (unpaired) electrons. The Morgan fingerprint density at radius 3 is 2.70 bits per heavy atom. The van der Waals surface area contributed by atoms with E-state index >= 15 is 0 Å². The first-order valence-corrected chi connectivity index (χ1v) is 6.84. The largest absolute Gasteiger partial charge is 0.478 e. The summed E-state index contributed by atoms with van der Waals surface area (Å²) < 4.78 is 2.97. The van der Waals surface area contributed by atoms with Crippen molar-refractivity contribution in [3.63, 3.8) is 0 Å². The van der Waals surface area contributed by atoms with Gasteiger partial charge in [0.2, 0.25) is 0 Å². The first-order valence-electron chi connectivity index (χ1n) is 6.05. The van der Waals surface area contributed by atoms with E-state index in [4.69, 9.17) is 5.11 Å². The van der Waals surface area contributed by atoms with E-state index in [1.807, 2.05) is 35.8 Å². The van der Waals surface area contributed by atoms with Crippen LogP contribution in [0.1, 0.15) is 16.2 Å². The second-order valence-corrected chi connectivity index (χ2v) is 5.31. The highest BCUT2D eigenvalue weighted by Crippen LogP contribution is 2.27. The molecule has 2 aromatic carbocycles. The zero-order chi connectivity index (χ0) is 14.3. The third-order valence-electron chi connectivity index (χ3n) is 3.16. The normalized spacial score (nSPS) is 10.9. The number of carboxylic acids is 1. The van der Waals surface area contributed by atoms with Crippen LogP contribution in [0.2, 0.25) is 0 Å². The van der Waals surface area contributed by atoms with Gasteiger partial charge in [-0.3, -0.25) is 4.57 Å². The second kappa shape index (κ2) is 4.76. The van der Waals surface area contributed by atoms with E-state index in [1.165, 1.54) is 0 Å². The van der Waals surface area contributed by atoms with Crippen molar-refractivity contribution in [2.24, 2.45) is 0 Å². The molecule has 0 aliphatic carbocycles. The number of aromatic carboxylic acids is 1. The molecule has 4 nitrogen and oxygen atoms in total. The van der Waals surface area contributed by atoms with Crippen LogP contribution in [-0.2, 0) is 0 Å². The Morgan fingerprint density at radius 1 is 1.25 bits per heavy atom. The molecule has 3 rings (SSSR count). The molecule has 100 valence electrons. The number of hydrogen-bond donors (Lipinski definition) is 1. The summed E-state index contributed by atoms with van der Waals surface area (Å²) in [6.45, 7) is 1.90. The smallest absolute Gasteiger partial charge is 0.335 e. The molecule has 0 aliphatic heterocycles. The van der Waals surface area contributed by atoms with Gasteiger partial charge in [0, 0.05) is 4.47 Å². The minimum atomic E-state index is -0.944. The number of fused-ring (bicyclic) bond motifs is 1. The van der Waals surface area contributed by atoms with Crippen LogP contribution in [0.4, 0.5) is 0 Å². The summed E-state index contributed by atoms with van der Waals surface area (Å²) in [6, 6.07) is 12.8.